The first-order valence-corrected chi connectivity index (χ1v) is 8.11. The van der Waals surface area contributed by atoms with Gasteiger partial charge in [-0.1, -0.05) is 15.9 Å². The Bertz CT molecular complexity index is 869. The number of nitro groups is 1. The van der Waals surface area contributed by atoms with Crippen LogP contribution in [0.25, 0.3) is 0 Å². The van der Waals surface area contributed by atoms with Gasteiger partial charge in [0.1, 0.15) is 6.17 Å². The van der Waals surface area contributed by atoms with E-state index in [0.717, 1.165) is 4.47 Å². The molecule has 1 aliphatic heterocycles. The van der Waals surface area contributed by atoms with Gasteiger partial charge < -0.3 is 5.32 Å². The molecule has 2 N–H and O–H groups in total. The molecule has 1 unspecified atom stereocenters. The Morgan fingerprint density at radius 2 is 1.96 bits per heavy atom. The molecule has 1 atom stereocenters. The van der Waals surface area contributed by atoms with Gasteiger partial charge in [0.15, 0.2) is 0 Å². The average molecular weight is 405 g/mol. The third-order valence-electron chi connectivity index (χ3n) is 3.74. The summed E-state index contributed by atoms with van der Waals surface area (Å²) in [5, 5.41) is 15.0. The standard InChI is InChI=1S/C16H13BrN4O4/c1-9-18-14-7-4-11(17)8-13(14)16(23)20(9)19-15(22)10-2-5-12(6-3-10)21(24)25/h2-9,18H,1H3,(H,19,22). The van der Waals surface area contributed by atoms with E-state index in [4.69, 9.17) is 0 Å². The molecule has 8 nitrogen and oxygen atoms in total. The Morgan fingerprint density at radius 3 is 2.60 bits per heavy atom. The predicted octanol–water partition coefficient (Wildman–Crippen LogP) is 2.92. The molecule has 0 saturated heterocycles. The van der Waals surface area contributed by atoms with Gasteiger partial charge in [-0.2, -0.15) is 0 Å². The van der Waals surface area contributed by atoms with E-state index >= 15 is 0 Å². The Labute approximate surface area is 151 Å². The Kier molecular flexibility index (Phi) is 4.41. The number of fused-ring (bicyclic) bond motifs is 1. The van der Waals surface area contributed by atoms with Gasteiger partial charge in [-0.25, -0.2) is 5.01 Å². The summed E-state index contributed by atoms with van der Waals surface area (Å²) < 4.78 is 0.748. The van der Waals surface area contributed by atoms with Gasteiger partial charge in [-0.3, -0.25) is 25.1 Å². The van der Waals surface area contributed by atoms with Gasteiger partial charge in [0.25, 0.3) is 17.5 Å². The lowest BCUT2D eigenvalue weighted by molar-refractivity contribution is -0.384. The number of hydrogen-bond acceptors (Lipinski definition) is 5. The molecule has 0 aromatic heterocycles. The molecule has 0 bridgehead atoms. The Hall–Kier alpha value is -2.94. The van der Waals surface area contributed by atoms with Crippen molar-refractivity contribution >= 4 is 39.1 Å². The Morgan fingerprint density at radius 1 is 1.28 bits per heavy atom. The fraction of sp³-hybridized carbons (Fsp3) is 0.125. The smallest absolute Gasteiger partial charge is 0.276 e. The first-order valence-electron chi connectivity index (χ1n) is 7.32. The first-order chi connectivity index (χ1) is 11.9. The lowest BCUT2D eigenvalue weighted by Gasteiger charge is -2.35. The first kappa shape index (κ1) is 16.9. The number of hydrazine groups is 1. The molecular formula is C16H13BrN4O4. The second kappa shape index (κ2) is 6.52. The van der Waals surface area contributed by atoms with E-state index in [1.807, 2.05) is 6.07 Å². The lowest BCUT2D eigenvalue weighted by Crippen LogP contribution is -2.56. The third kappa shape index (κ3) is 3.31. The molecular weight excluding hydrogens is 392 g/mol. The van der Waals surface area contributed by atoms with Gasteiger partial charge in [0, 0.05) is 27.9 Å². The molecule has 2 amide bonds. The second-order valence-corrected chi connectivity index (χ2v) is 6.35. The molecule has 3 rings (SSSR count). The zero-order valence-corrected chi connectivity index (χ0v) is 14.6. The van der Waals surface area contributed by atoms with Gasteiger partial charge in [0.05, 0.1) is 10.5 Å². The molecule has 0 radical (unpaired) electrons. The zero-order chi connectivity index (χ0) is 18.1. The van der Waals surface area contributed by atoms with Crippen molar-refractivity contribution in [3.63, 3.8) is 0 Å². The van der Waals surface area contributed by atoms with Crippen molar-refractivity contribution in [1.29, 1.82) is 0 Å². The highest BCUT2D eigenvalue weighted by Crippen LogP contribution is 2.27. The van der Waals surface area contributed by atoms with Crippen LogP contribution in [0, 0.1) is 10.1 Å². The van der Waals surface area contributed by atoms with E-state index in [0.29, 0.717) is 11.3 Å². The number of carbonyl (C=O) groups is 2. The SMILES string of the molecule is CC1Nc2ccc(Br)cc2C(=O)N1NC(=O)c1ccc([N+](=O)[O-])cc1. The summed E-state index contributed by atoms with van der Waals surface area (Å²) in [4.78, 5) is 35.1. The third-order valence-corrected chi connectivity index (χ3v) is 4.24. The van der Waals surface area contributed by atoms with Crippen molar-refractivity contribution in [2.45, 2.75) is 13.1 Å². The van der Waals surface area contributed by atoms with Crippen LogP contribution in [0.15, 0.2) is 46.9 Å². The van der Waals surface area contributed by atoms with Crippen LogP contribution in [0.3, 0.4) is 0 Å². The molecule has 0 aliphatic carbocycles. The summed E-state index contributed by atoms with van der Waals surface area (Å²) >= 11 is 3.32. The molecule has 0 spiro atoms. The number of nitro benzene ring substituents is 1. The molecule has 0 saturated carbocycles. The maximum absolute atomic E-state index is 12.7. The molecule has 1 aliphatic rings. The van der Waals surface area contributed by atoms with Crippen molar-refractivity contribution in [2.24, 2.45) is 0 Å². The van der Waals surface area contributed by atoms with Crippen molar-refractivity contribution < 1.29 is 14.5 Å². The highest BCUT2D eigenvalue weighted by molar-refractivity contribution is 9.10. The predicted molar refractivity (Wildman–Crippen MR) is 94.0 cm³/mol. The van der Waals surface area contributed by atoms with E-state index in [-0.39, 0.29) is 17.2 Å². The minimum absolute atomic E-state index is 0.112. The summed E-state index contributed by atoms with van der Waals surface area (Å²) in [6.45, 7) is 1.74. The van der Waals surface area contributed by atoms with Gasteiger partial charge in [0.2, 0.25) is 0 Å². The quantitative estimate of drug-likeness (QED) is 0.604. The van der Waals surface area contributed by atoms with Crippen molar-refractivity contribution in [3.8, 4) is 0 Å². The minimum atomic E-state index is -0.545. The number of anilines is 1. The fourth-order valence-electron chi connectivity index (χ4n) is 2.47. The summed E-state index contributed by atoms with van der Waals surface area (Å²) in [5.74, 6) is -0.881. The van der Waals surface area contributed by atoms with E-state index < -0.39 is 17.0 Å². The number of non-ortho nitro benzene ring substituents is 1. The fourth-order valence-corrected chi connectivity index (χ4v) is 2.83. The van der Waals surface area contributed by atoms with Crippen LogP contribution in [-0.4, -0.2) is 27.9 Å². The molecule has 25 heavy (non-hydrogen) atoms. The van der Waals surface area contributed by atoms with Gasteiger partial charge in [-0.15, -0.1) is 0 Å². The summed E-state index contributed by atoms with van der Waals surface area (Å²) in [5.41, 5.74) is 3.75. The topological polar surface area (TPSA) is 105 Å². The second-order valence-electron chi connectivity index (χ2n) is 5.43. The highest BCUT2D eigenvalue weighted by Gasteiger charge is 2.31. The maximum atomic E-state index is 12.7. The van der Waals surface area contributed by atoms with E-state index in [9.17, 15) is 19.7 Å². The number of nitrogens with one attached hydrogen (secondary N) is 2. The van der Waals surface area contributed by atoms with Crippen LogP contribution in [0.2, 0.25) is 0 Å². The van der Waals surface area contributed by atoms with Gasteiger partial charge >= 0.3 is 0 Å². The van der Waals surface area contributed by atoms with Crippen molar-refractivity contribution in [1.82, 2.24) is 10.4 Å². The zero-order valence-electron chi connectivity index (χ0n) is 13.0. The number of carbonyl (C=O) groups excluding carboxylic acids is 2. The van der Waals surface area contributed by atoms with Crippen molar-refractivity contribution in [2.75, 3.05) is 5.32 Å². The molecule has 2 aromatic carbocycles. The number of nitrogens with zero attached hydrogens (tertiary/aromatic N) is 2. The largest absolute Gasteiger partial charge is 0.363 e. The van der Waals surface area contributed by atoms with Crippen LogP contribution in [0.1, 0.15) is 27.6 Å². The van der Waals surface area contributed by atoms with E-state index in [1.54, 1.807) is 19.1 Å². The molecule has 0 fully saturated rings. The monoisotopic (exact) mass is 404 g/mol. The minimum Gasteiger partial charge on any atom is -0.363 e. The molecule has 128 valence electrons. The van der Waals surface area contributed by atoms with Crippen LogP contribution < -0.4 is 10.7 Å². The lowest BCUT2D eigenvalue weighted by atomic mass is 10.1. The van der Waals surface area contributed by atoms with Crippen LogP contribution in [0.4, 0.5) is 11.4 Å². The molecule has 2 aromatic rings. The van der Waals surface area contributed by atoms with Crippen LogP contribution in [0.5, 0.6) is 0 Å². The number of hydrogen-bond donors (Lipinski definition) is 2. The number of amides is 2. The normalized spacial score (nSPS) is 16.0. The van der Waals surface area contributed by atoms with Crippen LogP contribution >= 0.6 is 15.9 Å². The van der Waals surface area contributed by atoms with Gasteiger partial charge in [-0.05, 0) is 37.3 Å². The number of halogens is 1. The summed E-state index contributed by atoms with van der Waals surface area (Å²) in [7, 11) is 0. The summed E-state index contributed by atoms with van der Waals surface area (Å²) in [6.07, 6.45) is -0.455. The average Bonchev–Trinajstić information content (AvgIpc) is 2.59. The Balaban J connectivity index is 1.81. The molecule has 9 heteroatoms. The summed E-state index contributed by atoms with van der Waals surface area (Å²) in [6, 6.07) is 10.4. The molecule has 1 heterocycles. The van der Waals surface area contributed by atoms with Crippen molar-refractivity contribution in [3.05, 3.63) is 68.2 Å². The van der Waals surface area contributed by atoms with E-state index in [2.05, 4.69) is 26.7 Å². The highest BCUT2D eigenvalue weighted by atomic mass is 79.9. The number of benzene rings is 2. The van der Waals surface area contributed by atoms with E-state index in [1.165, 1.54) is 29.3 Å². The van der Waals surface area contributed by atoms with Crippen LogP contribution in [-0.2, 0) is 0 Å². The maximum Gasteiger partial charge on any atom is 0.276 e. The number of rotatable bonds is 3.